The van der Waals surface area contributed by atoms with Gasteiger partial charge in [0.25, 0.3) is 0 Å². The molecule has 2 aromatic rings. The van der Waals surface area contributed by atoms with E-state index in [2.05, 4.69) is 20.6 Å². The van der Waals surface area contributed by atoms with Crippen molar-refractivity contribution >= 4 is 41.3 Å². The largest absolute Gasteiger partial charge is 0.508 e. The van der Waals surface area contributed by atoms with Gasteiger partial charge in [-0.3, -0.25) is 0 Å². The Morgan fingerprint density at radius 2 is 1.91 bits per heavy atom. The van der Waals surface area contributed by atoms with E-state index in [9.17, 15) is 5.11 Å². The summed E-state index contributed by atoms with van der Waals surface area (Å²) in [7, 11) is 0. The van der Waals surface area contributed by atoms with Crippen molar-refractivity contribution < 1.29 is 5.11 Å². The normalized spacial score (nSPS) is 11.0. The average molecular weight is 446 g/mol. The minimum atomic E-state index is 0. The van der Waals surface area contributed by atoms with Crippen LogP contribution in [0.15, 0.2) is 29.3 Å². The monoisotopic (exact) mass is 446 g/mol. The van der Waals surface area contributed by atoms with E-state index in [-0.39, 0.29) is 29.7 Å². The Bertz CT molecular complexity index is 640. The molecule has 0 aliphatic rings. The van der Waals surface area contributed by atoms with Gasteiger partial charge in [0.15, 0.2) is 5.96 Å². The Kier molecular flexibility index (Phi) is 8.32. The van der Waals surface area contributed by atoms with Crippen molar-refractivity contribution in [3.05, 3.63) is 45.4 Å². The molecule has 0 bridgehead atoms. The van der Waals surface area contributed by atoms with Gasteiger partial charge in [-0.05, 0) is 38.5 Å². The van der Waals surface area contributed by atoms with E-state index in [4.69, 9.17) is 0 Å². The van der Waals surface area contributed by atoms with Crippen LogP contribution in [0.25, 0.3) is 0 Å². The number of aromatic nitrogens is 1. The number of hydrogen-bond acceptors (Lipinski definition) is 4. The number of thiazole rings is 1. The molecule has 0 fully saturated rings. The Hall–Kier alpha value is -1.35. The van der Waals surface area contributed by atoms with Crippen LogP contribution in [0.5, 0.6) is 5.75 Å². The van der Waals surface area contributed by atoms with Crippen molar-refractivity contribution in [3.63, 3.8) is 0 Å². The van der Waals surface area contributed by atoms with Crippen molar-refractivity contribution in [1.29, 1.82) is 0 Å². The zero-order chi connectivity index (χ0) is 15.9. The van der Waals surface area contributed by atoms with E-state index in [0.29, 0.717) is 6.54 Å². The fraction of sp³-hybridized carbons (Fsp3) is 0.375. The number of aryl methyl sites for hydroxylation is 2. The zero-order valence-corrected chi connectivity index (χ0v) is 16.7. The third-order valence-corrected chi connectivity index (χ3v) is 4.19. The Balaban J connectivity index is 0.00000264. The molecule has 0 unspecified atom stereocenters. The van der Waals surface area contributed by atoms with Gasteiger partial charge in [0.05, 0.1) is 23.8 Å². The number of halogens is 1. The molecular weight excluding hydrogens is 423 g/mol. The summed E-state index contributed by atoms with van der Waals surface area (Å²) in [6.45, 7) is 8.18. The molecule has 126 valence electrons. The molecule has 0 spiro atoms. The fourth-order valence-corrected chi connectivity index (χ4v) is 2.89. The minimum absolute atomic E-state index is 0. The third-order valence-electron chi connectivity index (χ3n) is 3.12. The van der Waals surface area contributed by atoms with Gasteiger partial charge >= 0.3 is 0 Å². The summed E-state index contributed by atoms with van der Waals surface area (Å²) in [5, 5.41) is 16.9. The lowest BCUT2D eigenvalue weighted by Crippen LogP contribution is -2.36. The third kappa shape index (κ3) is 6.34. The van der Waals surface area contributed by atoms with Gasteiger partial charge in [0.1, 0.15) is 5.75 Å². The standard InChI is InChI=1S/C16H22N4OS.HI/c1-4-17-16(18-9-13-5-7-14(21)8-6-13)19-10-15-11(2)20-12(3)22-15;/h5-8,21H,4,9-10H2,1-3H3,(H2,17,18,19);1H. The van der Waals surface area contributed by atoms with E-state index in [1.807, 2.05) is 32.9 Å². The first kappa shape index (κ1) is 19.7. The predicted molar refractivity (Wildman–Crippen MR) is 107 cm³/mol. The molecule has 0 aliphatic heterocycles. The highest BCUT2D eigenvalue weighted by Gasteiger charge is 2.05. The summed E-state index contributed by atoms with van der Waals surface area (Å²) < 4.78 is 0. The van der Waals surface area contributed by atoms with Crippen LogP contribution in [0, 0.1) is 13.8 Å². The quantitative estimate of drug-likeness (QED) is 0.375. The van der Waals surface area contributed by atoms with Crippen LogP contribution in [0.1, 0.15) is 28.1 Å². The smallest absolute Gasteiger partial charge is 0.191 e. The number of aliphatic imine (C=N–C) groups is 1. The second kappa shape index (κ2) is 9.71. The van der Waals surface area contributed by atoms with Gasteiger partial charge in [-0.25, -0.2) is 9.98 Å². The van der Waals surface area contributed by atoms with Crippen LogP contribution < -0.4 is 10.6 Å². The number of hydrogen-bond donors (Lipinski definition) is 3. The molecular formula is C16H23IN4OS. The van der Waals surface area contributed by atoms with Crippen LogP contribution in [0.2, 0.25) is 0 Å². The summed E-state index contributed by atoms with van der Waals surface area (Å²) >= 11 is 1.71. The maximum absolute atomic E-state index is 9.29. The molecule has 5 nitrogen and oxygen atoms in total. The van der Waals surface area contributed by atoms with Gasteiger partial charge in [0, 0.05) is 11.4 Å². The highest BCUT2D eigenvalue weighted by Crippen LogP contribution is 2.16. The second-order valence-corrected chi connectivity index (χ2v) is 6.24. The molecule has 0 aliphatic carbocycles. The summed E-state index contributed by atoms with van der Waals surface area (Å²) in [5.74, 6) is 1.05. The number of guanidine groups is 1. The molecule has 3 N–H and O–H groups in total. The Morgan fingerprint density at radius 1 is 1.22 bits per heavy atom. The highest BCUT2D eigenvalue weighted by atomic mass is 127. The lowest BCUT2D eigenvalue weighted by Gasteiger charge is -2.10. The lowest BCUT2D eigenvalue weighted by molar-refractivity contribution is 0.475. The molecule has 2 rings (SSSR count). The SMILES string of the molecule is CCNC(=NCc1ccc(O)cc1)NCc1sc(C)nc1C.I. The maximum Gasteiger partial charge on any atom is 0.191 e. The first-order valence-corrected chi connectivity index (χ1v) is 8.13. The molecule has 1 aromatic heterocycles. The van der Waals surface area contributed by atoms with E-state index in [1.54, 1.807) is 23.5 Å². The number of phenols is 1. The van der Waals surface area contributed by atoms with Gasteiger partial charge in [-0.1, -0.05) is 12.1 Å². The summed E-state index contributed by atoms with van der Waals surface area (Å²) in [6, 6.07) is 7.10. The van der Waals surface area contributed by atoms with Crippen molar-refractivity contribution in [3.8, 4) is 5.75 Å². The first-order valence-electron chi connectivity index (χ1n) is 7.31. The van der Waals surface area contributed by atoms with Gasteiger partial charge in [-0.2, -0.15) is 0 Å². The van der Waals surface area contributed by atoms with Crippen LogP contribution in [0.4, 0.5) is 0 Å². The van der Waals surface area contributed by atoms with Crippen LogP contribution in [0.3, 0.4) is 0 Å². The number of nitrogens with one attached hydrogen (secondary N) is 2. The van der Waals surface area contributed by atoms with E-state index in [0.717, 1.165) is 35.3 Å². The number of rotatable bonds is 5. The maximum atomic E-state index is 9.29. The van der Waals surface area contributed by atoms with Crippen molar-refractivity contribution in [2.45, 2.75) is 33.9 Å². The topological polar surface area (TPSA) is 69.5 Å². The number of phenolic OH excluding ortho intramolecular Hbond substituents is 1. The molecule has 0 amide bonds. The molecule has 0 radical (unpaired) electrons. The van der Waals surface area contributed by atoms with Crippen LogP contribution in [-0.4, -0.2) is 22.6 Å². The van der Waals surface area contributed by atoms with E-state index in [1.165, 1.54) is 4.88 Å². The second-order valence-electron chi connectivity index (χ2n) is 4.96. The molecule has 0 saturated carbocycles. The van der Waals surface area contributed by atoms with Crippen molar-refractivity contribution in [2.24, 2.45) is 4.99 Å². The molecule has 0 atom stereocenters. The van der Waals surface area contributed by atoms with Gasteiger partial charge in [-0.15, -0.1) is 35.3 Å². The Labute approximate surface area is 158 Å². The molecule has 7 heteroatoms. The van der Waals surface area contributed by atoms with Gasteiger partial charge < -0.3 is 15.7 Å². The summed E-state index contributed by atoms with van der Waals surface area (Å²) in [6.07, 6.45) is 0. The highest BCUT2D eigenvalue weighted by molar-refractivity contribution is 14.0. The zero-order valence-electron chi connectivity index (χ0n) is 13.6. The number of benzene rings is 1. The average Bonchev–Trinajstić information content (AvgIpc) is 2.81. The molecule has 1 heterocycles. The number of aromatic hydroxyl groups is 1. The van der Waals surface area contributed by atoms with Gasteiger partial charge in [0.2, 0.25) is 0 Å². The van der Waals surface area contributed by atoms with Crippen molar-refractivity contribution in [1.82, 2.24) is 15.6 Å². The van der Waals surface area contributed by atoms with Crippen LogP contribution in [-0.2, 0) is 13.1 Å². The lowest BCUT2D eigenvalue weighted by atomic mass is 10.2. The van der Waals surface area contributed by atoms with E-state index >= 15 is 0 Å². The molecule has 23 heavy (non-hydrogen) atoms. The first-order chi connectivity index (χ1) is 10.6. The summed E-state index contributed by atoms with van der Waals surface area (Å²) in [5.41, 5.74) is 2.13. The predicted octanol–water partition coefficient (Wildman–Crippen LogP) is 3.34. The van der Waals surface area contributed by atoms with Crippen LogP contribution >= 0.6 is 35.3 Å². The fourth-order valence-electron chi connectivity index (χ4n) is 2.01. The number of nitrogens with zero attached hydrogens (tertiary/aromatic N) is 2. The minimum Gasteiger partial charge on any atom is -0.508 e. The van der Waals surface area contributed by atoms with E-state index < -0.39 is 0 Å². The summed E-state index contributed by atoms with van der Waals surface area (Å²) in [4.78, 5) is 10.2. The van der Waals surface area contributed by atoms with Crippen molar-refractivity contribution in [2.75, 3.05) is 6.54 Å². The Morgan fingerprint density at radius 3 is 2.48 bits per heavy atom. The molecule has 0 saturated heterocycles. The molecule has 1 aromatic carbocycles.